The third kappa shape index (κ3) is 2.66. The van der Waals surface area contributed by atoms with Crippen LogP contribution >= 0.6 is 0 Å². The summed E-state index contributed by atoms with van der Waals surface area (Å²) in [5.41, 5.74) is 10.3. The summed E-state index contributed by atoms with van der Waals surface area (Å²) in [4.78, 5) is 12.6. The molecule has 3 rings (SSSR count). The molecule has 1 fully saturated rings. The Morgan fingerprint density at radius 1 is 1.43 bits per heavy atom. The van der Waals surface area contributed by atoms with Crippen molar-refractivity contribution in [3.63, 3.8) is 0 Å². The van der Waals surface area contributed by atoms with Gasteiger partial charge in [0.15, 0.2) is 0 Å². The third-order valence-corrected chi connectivity index (χ3v) is 4.02. The van der Waals surface area contributed by atoms with Crippen molar-refractivity contribution in [1.29, 1.82) is 0 Å². The molecule has 4 heteroatoms. The minimum absolute atomic E-state index is 0.0809. The smallest absolute Gasteiger partial charge is 0.272 e. The molecule has 0 atom stereocenters. The van der Waals surface area contributed by atoms with Crippen molar-refractivity contribution < 1.29 is 4.79 Å². The van der Waals surface area contributed by atoms with Crippen molar-refractivity contribution in [3.8, 4) is 0 Å². The van der Waals surface area contributed by atoms with Crippen molar-refractivity contribution in [1.82, 2.24) is 4.57 Å². The maximum Gasteiger partial charge on any atom is 0.272 e. The van der Waals surface area contributed by atoms with Gasteiger partial charge in [-0.15, -0.1) is 0 Å². The van der Waals surface area contributed by atoms with Crippen molar-refractivity contribution in [2.24, 2.45) is 0 Å². The predicted octanol–water partition coefficient (Wildman–Crippen LogP) is 3.53. The van der Waals surface area contributed by atoms with Gasteiger partial charge in [0.2, 0.25) is 0 Å². The van der Waals surface area contributed by atoms with E-state index in [1.165, 1.54) is 0 Å². The van der Waals surface area contributed by atoms with Gasteiger partial charge in [-0.1, -0.05) is 25.1 Å². The van der Waals surface area contributed by atoms with Crippen molar-refractivity contribution in [3.05, 3.63) is 47.3 Å². The van der Waals surface area contributed by atoms with Crippen LogP contribution in [0, 0.1) is 6.92 Å². The van der Waals surface area contributed by atoms with Gasteiger partial charge in [0.05, 0.1) is 5.69 Å². The SMILES string of the molecule is CCc1cccc(C)c1NC(=O)c1cc(N)cn1C1CC1. The number of nitrogens with zero attached hydrogens (tertiary/aromatic N) is 1. The Bertz CT molecular complexity index is 683. The zero-order valence-electron chi connectivity index (χ0n) is 12.5. The zero-order valence-corrected chi connectivity index (χ0v) is 12.5. The van der Waals surface area contributed by atoms with E-state index in [1.807, 2.05) is 29.8 Å². The lowest BCUT2D eigenvalue weighted by atomic mass is 10.1. The minimum atomic E-state index is -0.0809. The highest BCUT2D eigenvalue weighted by molar-refractivity contribution is 6.04. The first kappa shape index (κ1) is 13.7. The van der Waals surface area contributed by atoms with E-state index in [-0.39, 0.29) is 5.91 Å². The minimum Gasteiger partial charge on any atom is -0.397 e. The number of amides is 1. The lowest BCUT2D eigenvalue weighted by molar-refractivity contribution is 0.101. The molecule has 0 unspecified atom stereocenters. The van der Waals surface area contributed by atoms with Gasteiger partial charge in [-0.05, 0) is 43.4 Å². The number of para-hydroxylation sites is 1. The summed E-state index contributed by atoms with van der Waals surface area (Å²) in [6.07, 6.45) is 5.01. The van der Waals surface area contributed by atoms with Crippen LogP contribution in [0.3, 0.4) is 0 Å². The van der Waals surface area contributed by atoms with Gasteiger partial charge in [0.25, 0.3) is 5.91 Å². The topological polar surface area (TPSA) is 60.1 Å². The summed E-state index contributed by atoms with van der Waals surface area (Å²) >= 11 is 0. The van der Waals surface area contributed by atoms with Gasteiger partial charge in [-0.2, -0.15) is 0 Å². The van der Waals surface area contributed by atoms with Crippen LogP contribution in [0.15, 0.2) is 30.5 Å². The van der Waals surface area contributed by atoms with Crippen LogP contribution in [0.25, 0.3) is 0 Å². The number of rotatable bonds is 4. The lowest BCUT2D eigenvalue weighted by Gasteiger charge is -2.14. The molecule has 110 valence electrons. The summed E-state index contributed by atoms with van der Waals surface area (Å²) in [6.45, 7) is 4.11. The highest BCUT2D eigenvalue weighted by Crippen LogP contribution is 2.37. The summed E-state index contributed by atoms with van der Waals surface area (Å²) < 4.78 is 2.01. The number of nitrogen functional groups attached to an aromatic ring is 1. The Kier molecular flexibility index (Phi) is 3.45. The number of carbonyl (C=O) groups excluding carboxylic acids is 1. The molecule has 1 aliphatic rings. The Balaban J connectivity index is 1.90. The molecule has 2 aromatic rings. The average molecular weight is 283 g/mol. The molecule has 1 heterocycles. The van der Waals surface area contributed by atoms with E-state index in [9.17, 15) is 4.79 Å². The molecule has 1 aromatic heterocycles. The molecular formula is C17H21N3O. The van der Waals surface area contributed by atoms with Crippen LogP contribution in [-0.2, 0) is 6.42 Å². The number of carbonyl (C=O) groups is 1. The van der Waals surface area contributed by atoms with Gasteiger partial charge in [-0.3, -0.25) is 4.79 Å². The molecule has 3 N–H and O–H groups in total. The fourth-order valence-electron chi connectivity index (χ4n) is 2.72. The van der Waals surface area contributed by atoms with E-state index in [1.54, 1.807) is 6.07 Å². The number of nitrogens with one attached hydrogen (secondary N) is 1. The summed E-state index contributed by atoms with van der Waals surface area (Å²) in [7, 11) is 0. The number of anilines is 2. The van der Waals surface area contributed by atoms with Crippen LogP contribution < -0.4 is 11.1 Å². The van der Waals surface area contributed by atoms with Crippen molar-refractivity contribution in [2.45, 2.75) is 39.2 Å². The van der Waals surface area contributed by atoms with Crippen molar-refractivity contribution >= 4 is 17.3 Å². The molecule has 0 radical (unpaired) electrons. The Morgan fingerprint density at radius 2 is 2.19 bits per heavy atom. The number of benzene rings is 1. The Hall–Kier alpha value is -2.23. The van der Waals surface area contributed by atoms with Crippen LogP contribution in [0.2, 0.25) is 0 Å². The first-order valence-corrected chi connectivity index (χ1v) is 7.47. The number of nitrogens with two attached hydrogens (primary N) is 1. The number of aromatic nitrogens is 1. The molecule has 1 saturated carbocycles. The normalized spacial score (nSPS) is 14.2. The first-order valence-electron chi connectivity index (χ1n) is 7.47. The van der Waals surface area contributed by atoms with Crippen molar-refractivity contribution in [2.75, 3.05) is 11.1 Å². The van der Waals surface area contributed by atoms with E-state index >= 15 is 0 Å². The molecule has 4 nitrogen and oxygen atoms in total. The first-order chi connectivity index (χ1) is 10.1. The van der Waals surface area contributed by atoms with Crippen LogP contribution in [0.1, 0.15) is 47.4 Å². The molecule has 0 bridgehead atoms. The van der Waals surface area contributed by atoms with Gasteiger partial charge < -0.3 is 15.6 Å². The van der Waals surface area contributed by atoms with E-state index in [2.05, 4.69) is 18.3 Å². The molecule has 21 heavy (non-hydrogen) atoms. The highest BCUT2D eigenvalue weighted by Gasteiger charge is 2.28. The van der Waals surface area contributed by atoms with Crippen LogP contribution in [-0.4, -0.2) is 10.5 Å². The molecule has 1 amide bonds. The molecule has 1 aromatic carbocycles. The van der Waals surface area contributed by atoms with E-state index < -0.39 is 0 Å². The number of aryl methyl sites for hydroxylation is 2. The fourth-order valence-corrected chi connectivity index (χ4v) is 2.72. The predicted molar refractivity (Wildman–Crippen MR) is 85.6 cm³/mol. The van der Waals surface area contributed by atoms with E-state index in [4.69, 9.17) is 5.73 Å². The maximum atomic E-state index is 12.6. The largest absolute Gasteiger partial charge is 0.397 e. The lowest BCUT2D eigenvalue weighted by Crippen LogP contribution is -2.18. The Morgan fingerprint density at radius 3 is 2.86 bits per heavy atom. The summed E-state index contributed by atoms with van der Waals surface area (Å²) in [6, 6.07) is 8.29. The van der Waals surface area contributed by atoms with E-state index in [0.717, 1.165) is 36.1 Å². The summed E-state index contributed by atoms with van der Waals surface area (Å²) in [5, 5.41) is 3.07. The maximum absolute atomic E-state index is 12.6. The molecule has 0 saturated heterocycles. The van der Waals surface area contributed by atoms with Gasteiger partial charge >= 0.3 is 0 Å². The third-order valence-electron chi connectivity index (χ3n) is 4.02. The second-order valence-corrected chi connectivity index (χ2v) is 5.71. The Labute approximate surface area is 125 Å². The van der Waals surface area contributed by atoms with E-state index in [0.29, 0.717) is 17.4 Å². The van der Waals surface area contributed by atoms with Crippen LogP contribution in [0.5, 0.6) is 0 Å². The second-order valence-electron chi connectivity index (χ2n) is 5.71. The molecular weight excluding hydrogens is 262 g/mol. The number of hydrogen-bond donors (Lipinski definition) is 2. The quantitative estimate of drug-likeness (QED) is 0.901. The molecule has 0 spiro atoms. The van der Waals surface area contributed by atoms with Gasteiger partial charge in [0, 0.05) is 17.9 Å². The van der Waals surface area contributed by atoms with Crippen LogP contribution in [0.4, 0.5) is 11.4 Å². The number of hydrogen-bond acceptors (Lipinski definition) is 2. The fraction of sp³-hybridized carbons (Fsp3) is 0.353. The standard InChI is InChI=1S/C17H21N3O/c1-3-12-6-4-5-11(2)16(12)19-17(21)15-9-13(18)10-20(15)14-7-8-14/h4-6,9-10,14H,3,7-8,18H2,1-2H3,(H,19,21). The average Bonchev–Trinajstić information content (AvgIpc) is 3.23. The van der Waals surface area contributed by atoms with Gasteiger partial charge in [0.1, 0.15) is 5.69 Å². The van der Waals surface area contributed by atoms with Gasteiger partial charge in [-0.25, -0.2) is 0 Å². The molecule has 1 aliphatic carbocycles. The monoisotopic (exact) mass is 283 g/mol. The molecule has 0 aliphatic heterocycles. The zero-order chi connectivity index (χ0) is 15.0. The summed E-state index contributed by atoms with van der Waals surface area (Å²) in [5.74, 6) is -0.0809. The highest BCUT2D eigenvalue weighted by atomic mass is 16.2. The second kappa shape index (κ2) is 5.28.